The maximum atomic E-state index is 11.2. The lowest BCUT2D eigenvalue weighted by Gasteiger charge is -2.43. The number of aliphatic hydroxyl groups is 2. The van der Waals surface area contributed by atoms with Crippen molar-refractivity contribution >= 4 is 0 Å². The van der Waals surface area contributed by atoms with Crippen molar-refractivity contribution in [2.75, 3.05) is 0 Å². The van der Waals surface area contributed by atoms with E-state index in [1.807, 2.05) is 0 Å². The van der Waals surface area contributed by atoms with Crippen LogP contribution in [-0.2, 0) is 0 Å². The van der Waals surface area contributed by atoms with Crippen LogP contribution in [0.25, 0.3) is 0 Å². The fourth-order valence-electron chi connectivity index (χ4n) is 4.98. The lowest BCUT2D eigenvalue weighted by molar-refractivity contribution is -0.140. The van der Waals surface area contributed by atoms with E-state index in [1.165, 1.54) is 89.9 Å². The molecule has 3 atom stereocenters. The Hall–Kier alpha value is -0.0800. The third-order valence-corrected chi connectivity index (χ3v) is 6.90. The minimum Gasteiger partial charge on any atom is -0.390 e. The molecule has 2 nitrogen and oxygen atoms in total. The maximum absolute atomic E-state index is 11.2. The van der Waals surface area contributed by atoms with Crippen LogP contribution in [0, 0.1) is 5.92 Å². The van der Waals surface area contributed by atoms with Crippen molar-refractivity contribution in [3.05, 3.63) is 0 Å². The van der Waals surface area contributed by atoms with Crippen LogP contribution in [0.3, 0.4) is 0 Å². The van der Waals surface area contributed by atoms with Gasteiger partial charge >= 0.3 is 0 Å². The molecule has 3 unspecified atom stereocenters. The summed E-state index contributed by atoms with van der Waals surface area (Å²) < 4.78 is 0. The van der Waals surface area contributed by atoms with E-state index in [9.17, 15) is 10.2 Å². The van der Waals surface area contributed by atoms with Crippen LogP contribution in [-0.4, -0.2) is 21.9 Å². The standard InChI is InChI=1S/C25H50O2/c1-3-5-7-8-9-10-11-12-13-14-16-20-23(19-15-6-4-2)25(27)22-18-17-21-24(25)26/h23-24,26-27H,3-22H2,1-2H3. The summed E-state index contributed by atoms with van der Waals surface area (Å²) in [5.74, 6) is 0.304. The molecule has 0 amide bonds. The number of hydrogen-bond donors (Lipinski definition) is 2. The minimum absolute atomic E-state index is 0.304. The highest BCUT2D eigenvalue weighted by Crippen LogP contribution is 2.39. The van der Waals surface area contributed by atoms with Crippen LogP contribution in [0.2, 0.25) is 0 Å². The molecule has 27 heavy (non-hydrogen) atoms. The van der Waals surface area contributed by atoms with Gasteiger partial charge in [0.1, 0.15) is 0 Å². The van der Waals surface area contributed by atoms with Gasteiger partial charge in [-0.05, 0) is 31.6 Å². The molecule has 0 bridgehead atoms. The van der Waals surface area contributed by atoms with E-state index in [-0.39, 0.29) is 0 Å². The molecule has 0 heterocycles. The van der Waals surface area contributed by atoms with E-state index in [0.717, 1.165) is 38.5 Å². The predicted octanol–water partition coefficient (Wildman–Crippen LogP) is 7.55. The molecule has 1 aliphatic carbocycles. The SMILES string of the molecule is CCCCCCCCCCCCCC(CCCCC)C1(O)CCCCC1O. The minimum atomic E-state index is -0.801. The average molecular weight is 383 g/mol. The first-order valence-corrected chi connectivity index (χ1v) is 12.6. The Kier molecular flexibility index (Phi) is 14.6. The third kappa shape index (κ3) is 10.3. The van der Waals surface area contributed by atoms with E-state index in [4.69, 9.17) is 0 Å². The fourth-order valence-corrected chi connectivity index (χ4v) is 4.98. The van der Waals surface area contributed by atoms with Crippen molar-refractivity contribution in [3.63, 3.8) is 0 Å². The molecule has 0 aliphatic heterocycles. The van der Waals surface area contributed by atoms with Crippen LogP contribution in [0.4, 0.5) is 0 Å². The van der Waals surface area contributed by atoms with Crippen molar-refractivity contribution in [3.8, 4) is 0 Å². The van der Waals surface area contributed by atoms with E-state index in [2.05, 4.69) is 13.8 Å². The summed E-state index contributed by atoms with van der Waals surface area (Å²) in [5, 5.41) is 21.7. The Labute approximate surface area is 170 Å². The molecule has 1 fully saturated rings. The molecule has 0 radical (unpaired) electrons. The second-order valence-corrected chi connectivity index (χ2v) is 9.27. The summed E-state index contributed by atoms with van der Waals surface area (Å²) >= 11 is 0. The van der Waals surface area contributed by atoms with Crippen molar-refractivity contribution in [1.29, 1.82) is 0 Å². The number of unbranched alkanes of at least 4 members (excludes halogenated alkanes) is 12. The summed E-state index contributed by atoms with van der Waals surface area (Å²) in [6, 6.07) is 0. The molecule has 2 heteroatoms. The predicted molar refractivity (Wildman–Crippen MR) is 118 cm³/mol. The van der Waals surface area contributed by atoms with Crippen molar-refractivity contribution in [2.45, 2.75) is 154 Å². The van der Waals surface area contributed by atoms with Gasteiger partial charge in [-0.25, -0.2) is 0 Å². The second-order valence-electron chi connectivity index (χ2n) is 9.27. The zero-order valence-electron chi connectivity index (χ0n) is 18.7. The van der Waals surface area contributed by atoms with Crippen LogP contribution in [0.5, 0.6) is 0 Å². The Morgan fingerprint density at radius 3 is 1.67 bits per heavy atom. The summed E-state index contributed by atoms with van der Waals surface area (Å²) in [7, 11) is 0. The van der Waals surface area contributed by atoms with Gasteiger partial charge < -0.3 is 10.2 Å². The molecule has 0 aromatic rings. The van der Waals surface area contributed by atoms with Gasteiger partial charge in [0, 0.05) is 0 Å². The second kappa shape index (κ2) is 15.8. The van der Waals surface area contributed by atoms with Crippen molar-refractivity contribution in [1.82, 2.24) is 0 Å². The van der Waals surface area contributed by atoms with Crippen molar-refractivity contribution in [2.24, 2.45) is 5.92 Å². The first-order chi connectivity index (χ1) is 13.1. The maximum Gasteiger partial charge on any atom is 0.0933 e. The van der Waals surface area contributed by atoms with Crippen LogP contribution < -0.4 is 0 Å². The quantitative estimate of drug-likeness (QED) is 0.255. The first kappa shape index (κ1) is 25.0. The van der Waals surface area contributed by atoms with Gasteiger partial charge in [-0.15, -0.1) is 0 Å². The fraction of sp³-hybridized carbons (Fsp3) is 1.00. The zero-order chi connectivity index (χ0) is 19.8. The van der Waals surface area contributed by atoms with Gasteiger partial charge in [0.15, 0.2) is 0 Å². The van der Waals surface area contributed by atoms with Gasteiger partial charge in [0.2, 0.25) is 0 Å². The molecule has 1 rings (SSSR count). The molecule has 2 N–H and O–H groups in total. The van der Waals surface area contributed by atoms with Crippen LogP contribution >= 0.6 is 0 Å². The molecule has 0 aromatic carbocycles. The summed E-state index contributed by atoms with van der Waals surface area (Å²) in [4.78, 5) is 0. The van der Waals surface area contributed by atoms with E-state index < -0.39 is 11.7 Å². The lowest BCUT2D eigenvalue weighted by Crippen LogP contribution is -2.50. The molecular weight excluding hydrogens is 332 g/mol. The van der Waals surface area contributed by atoms with Crippen LogP contribution in [0.1, 0.15) is 142 Å². The Morgan fingerprint density at radius 1 is 0.704 bits per heavy atom. The monoisotopic (exact) mass is 382 g/mol. The molecule has 1 saturated carbocycles. The van der Waals surface area contributed by atoms with E-state index in [0.29, 0.717) is 5.92 Å². The van der Waals surface area contributed by atoms with E-state index in [1.54, 1.807) is 0 Å². The Bertz CT molecular complexity index is 330. The molecule has 0 aromatic heterocycles. The molecule has 1 aliphatic rings. The number of rotatable bonds is 17. The zero-order valence-corrected chi connectivity index (χ0v) is 18.7. The van der Waals surface area contributed by atoms with Crippen LogP contribution in [0.15, 0.2) is 0 Å². The summed E-state index contributed by atoms with van der Waals surface area (Å²) in [5.41, 5.74) is -0.801. The van der Waals surface area contributed by atoms with Crippen molar-refractivity contribution < 1.29 is 10.2 Å². The highest BCUT2D eigenvalue weighted by molar-refractivity contribution is 4.95. The third-order valence-electron chi connectivity index (χ3n) is 6.90. The lowest BCUT2D eigenvalue weighted by atomic mass is 9.70. The normalized spacial score (nSPS) is 24.2. The van der Waals surface area contributed by atoms with Gasteiger partial charge in [0.05, 0.1) is 11.7 Å². The largest absolute Gasteiger partial charge is 0.390 e. The summed E-state index contributed by atoms with van der Waals surface area (Å²) in [6.07, 6.45) is 24.2. The Morgan fingerprint density at radius 2 is 1.15 bits per heavy atom. The number of hydrogen-bond acceptors (Lipinski definition) is 2. The first-order valence-electron chi connectivity index (χ1n) is 12.6. The molecule has 0 saturated heterocycles. The molecular formula is C25H50O2. The topological polar surface area (TPSA) is 40.5 Å². The summed E-state index contributed by atoms with van der Waals surface area (Å²) in [6.45, 7) is 4.52. The Balaban J connectivity index is 2.19. The van der Waals surface area contributed by atoms with Gasteiger partial charge in [-0.1, -0.05) is 117 Å². The molecule has 0 spiro atoms. The van der Waals surface area contributed by atoms with Gasteiger partial charge in [0.25, 0.3) is 0 Å². The van der Waals surface area contributed by atoms with Gasteiger partial charge in [-0.2, -0.15) is 0 Å². The smallest absolute Gasteiger partial charge is 0.0933 e. The molecule has 162 valence electrons. The highest BCUT2D eigenvalue weighted by atomic mass is 16.3. The van der Waals surface area contributed by atoms with Gasteiger partial charge in [-0.3, -0.25) is 0 Å². The van der Waals surface area contributed by atoms with E-state index >= 15 is 0 Å². The number of aliphatic hydroxyl groups excluding tert-OH is 1. The average Bonchev–Trinajstić information content (AvgIpc) is 2.67. The highest BCUT2D eigenvalue weighted by Gasteiger charge is 2.43.